The molecule has 1 N–H and O–H groups in total. The van der Waals surface area contributed by atoms with Gasteiger partial charge in [0.1, 0.15) is 5.82 Å². The van der Waals surface area contributed by atoms with Gasteiger partial charge >= 0.3 is 0 Å². The van der Waals surface area contributed by atoms with Crippen LogP contribution in [-0.2, 0) is 0 Å². The van der Waals surface area contributed by atoms with E-state index in [0.29, 0.717) is 5.56 Å². The summed E-state index contributed by atoms with van der Waals surface area (Å²) in [6, 6.07) is 5.76. The van der Waals surface area contributed by atoms with Crippen molar-refractivity contribution in [2.75, 3.05) is 5.32 Å². The molecule has 1 heterocycles. The third-order valence-corrected chi connectivity index (χ3v) is 2.84. The molecule has 0 aliphatic carbocycles. The van der Waals surface area contributed by atoms with Crippen LogP contribution >= 0.6 is 11.6 Å². The van der Waals surface area contributed by atoms with Gasteiger partial charge in [-0.2, -0.15) is 0 Å². The molecule has 0 aliphatic heterocycles. The second kappa shape index (κ2) is 5.31. The molecule has 0 saturated carbocycles. The third kappa shape index (κ3) is 2.76. The van der Waals surface area contributed by atoms with Crippen LogP contribution in [0.25, 0.3) is 0 Å². The van der Waals surface area contributed by atoms with Crippen LogP contribution in [0.15, 0.2) is 36.7 Å². The highest BCUT2D eigenvalue weighted by molar-refractivity contribution is 6.31. The van der Waals surface area contributed by atoms with E-state index in [-0.39, 0.29) is 16.8 Å². The Labute approximate surface area is 109 Å². The van der Waals surface area contributed by atoms with Gasteiger partial charge in [-0.3, -0.25) is 4.98 Å². The van der Waals surface area contributed by atoms with Crippen LogP contribution in [0.2, 0.25) is 5.02 Å². The van der Waals surface area contributed by atoms with Gasteiger partial charge in [0, 0.05) is 6.20 Å². The molecule has 0 spiro atoms. The highest BCUT2D eigenvalue weighted by Gasteiger charge is 2.11. The summed E-state index contributed by atoms with van der Waals surface area (Å²) in [7, 11) is 0. The van der Waals surface area contributed by atoms with Crippen molar-refractivity contribution >= 4 is 17.3 Å². The lowest BCUT2D eigenvalue weighted by molar-refractivity contribution is 0.614. The molecule has 1 atom stereocenters. The Morgan fingerprint density at radius 1 is 1.28 bits per heavy atom. The predicted octanol–water partition coefficient (Wildman–Crippen LogP) is 4.19. The fourth-order valence-corrected chi connectivity index (χ4v) is 1.77. The molecule has 5 heteroatoms. The first-order valence-electron chi connectivity index (χ1n) is 5.39. The van der Waals surface area contributed by atoms with E-state index in [1.54, 1.807) is 19.1 Å². The lowest BCUT2D eigenvalue weighted by Gasteiger charge is -2.16. The number of aromatic nitrogens is 1. The number of nitrogens with one attached hydrogen (secondary N) is 1. The van der Waals surface area contributed by atoms with Crippen LogP contribution < -0.4 is 5.32 Å². The van der Waals surface area contributed by atoms with Crippen molar-refractivity contribution in [3.05, 3.63) is 58.9 Å². The van der Waals surface area contributed by atoms with Crippen molar-refractivity contribution in [1.82, 2.24) is 4.98 Å². The van der Waals surface area contributed by atoms with Crippen LogP contribution in [0.1, 0.15) is 18.5 Å². The van der Waals surface area contributed by atoms with E-state index in [4.69, 9.17) is 11.6 Å². The van der Waals surface area contributed by atoms with Crippen molar-refractivity contribution in [3.63, 3.8) is 0 Å². The van der Waals surface area contributed by atoms with Crippen LogP contribution in [0.3, 0.4) is 0 Å². The van der Waals surface area contributed by atoms with E-state index in [1.807, 2.05) is 0 Å². The Balaban J connectivity index is 2.21. The molecule has 2 nitrogen and oxygen atoms in total. The SMILES string of the molecule is CC(Nc1cccc(Cl)c1F)c1cncc(F)c1. The molecule has 1 aromatic heterocycles. The minimum absolute atomic E-state index is 0.0459. The van der Waals surface area contributed by atoms with Crippen molar-refractivity contribution < 1.29 is 8.78 Å². The zero-order chi connectivity index (χ0) is 13.1. The van der Waals surface area contributed by atoms with E-state index in [2.05, 4.69) is 10.3 Å². The van der Waals surface area contributed by atoms with Crippen molar-refractivity contribution in [3.8, 4) is 0 Å². The minimum atomic E-state index is -0.518. The van der Waals surface area contributed by atoms with Gasteiger partial charge in [0.15, 0.2) is 5.82 Å². The first-order valence-corrected chi connectivity index (χ1v) is 5.76. The van der Waals surface area contributed by atoms with Crippen molar-refractivity contribution in [2.45, 2.75) is 13.0 Å². The van der Waals surface area contributed by atoms with Gasteiger partial charge in [-0.1, -0.05) is 17.7 Å². The molecular weight excluding hydrogens is 258 g/mol. The fraction of sp³-hybridized carbons (Fsp3) is 0.154. The summed E-state index contributed by atoms with van der Waals surface area (Å²) in [5.41, 5.74) is 0.911. The number of halogens is 3. The van der Waals surface area contributed by atoms with Crippen LogP contribution in [-0.4, -0.2) is 4.98 Å². The molecule has 0 amide bonds. The third-order valence-electron chi connectivity index (χ3n) is 2.55. The van der Waals surface area contributed by atoms with Gasteiger partial charge in [0.2, 0.25) is 0 Å². The number of pyridine rings is 1. The topological polar surface area (TPSA) is 24.9 Å². The second-order valence-corrected chi connectivity index (χ2v) is 4.31. The van der Waals surface area contributed by atoms with Gasteiger partial charge in [-0.15, -0.1) is 0 Å². The van der Waals surface area contributed by atoms with E-state index < -0.39 is 11.6 Å². The molecule has 0 bridgehead atoms. The molecule has 1 unspecified atom stereocenters. The zero-order valence-electron chi connectivity index (χ0n) is 9.62. The van der Waals surface area contributed by atoms with Crippen LogP contribution in [0, 0.1) is 11.6 Å². The summed E-state index contributed by atoms with van der Waals surface area (Å²) in [4.78, 5) is 3.75. The Morgan fingerprint density at radius 2 is 2.06 bits per heavy atom. The minimum Gasteiger partial charge on any atom is -0.376 e. The highest BCUT2D eigenvalue weighted by Crippen LogP contribution is 2.25. The average molecular weight is 269 g/mol. The largest absolute Gasteiger partial charge is 0.376 e. The predicted molar refractivity (Wildman–Crippen MR) is 67.6 cm³/mol. The van der Waals surface area contributed by atoms with E-state index in [9.17, 15) is 8.78 Å². The van der Waals surface area contributed by atoms with Gasteiger partial charge in [-0.05, 0) is 30.7 Å². The summed E-state index contributed by atoms with van der Waals surface area (Å²) in [6.07, 6.45) is 2.65. The number of hydrogen-bond donors (Lipinski definition) is 1. The number of rotatable bonds is 3. The average Bonchev–Trinajstić information content (AvgIpc) is 2.35. The van der Waals surface area contributed by atoms with Crippen LogP contribution in [0.4, 0.5) is 14.5 Å². The summed E-state index contributed by atoms with van der Waals surface area (Å²) >= 11 is 5.68. The Hall–Kier alpha value is -1.68. The Morgan fingerprint density at radius 3 is 2.78 bits per heavy atom. The lowest BCUT2D eigenvalue weighted by Crippen LogP contribution is -2.08. The normalized spacial score (nSPS) is 12.2. The highest BCUT2D eigenvalue weighted by atomic mass is 35.5. The maximum Gasteiger partial charge on any atom is 0.164 e. The first-order chi connectivity index (χ1) is 8.58. The van der Waals surface area contributed by atoms with E-state index in [1.165, 1.54) is 18.3 Å². The molecule has 2 rings (SSSR count). The van der Waals surface area contributed by atoms with Crippen molar-refractivity contribution in [1.29, 1.82) is 0 Å². The van der Waals surface area contributed by atoms with Gasteiger partial charge < -0.3 is 5.32 Å². The van der Waals surface area contributed by atoms with E-state index >= 15 is 0 Å². The number of hydrogen-bond acceptors (Lipinski definition) is 2. The molecule has 0 aliphatic rings. The number of nitrogens with zero attached hydrogens (tertiary/aromatic N) is 1. The Bertz CT molecular complexity index is 560. The molecule has 94 valence electrons. The molecule has 1 aromatic carbocycles. The molecule has 0 saturated heterocycles. The van der Waals surface area contributed by atoms with Gasteiger partial charge in [-0.25, -0.2) is 8.78 Å². The van der Waals surface area contributed by atoms with Gasteiger partial charge in [0.25, 0.3) is 0 Å². The fourth-order valence-electron chi connectivity index (χ4n) is 1.60. The quantitative estimate of drug-likeness (QED) is 0.903. The summed E-state index contributed by atoms with van der Waals surface area (Å²) < 4.78 is 26.7. The molecule has 0 radical (unpaired) electrons. The standard InChI is InChI=1S/C13H11ClF2N2/c1-8(9-5-10(15)7-17-6-9)18-12-4-2-3-11(14)13(12)16/h2-8,18H,1H3. The smallest absolute Gasteiger partial charge is 0.164 e. The van der Waals surface area contributed by atoms with Crippen molar-refractivity contribution in [2.24, 2.45) is 0 Å². The second-order valence-electron chi connectivity index (χ2n) is 3.90. The molecule has 18 heavy (non-hydrogen) atoms. The molecule has 2 aromatic rings. The molecule has 0 fully saturated rings. The summed E-state index contributed by atoms with van der Waals surface area (Å²) in [5.74, 6) is -0.942. The summed E-state index contributed by atoms with van der Waals surface area (Å²) in [5, 5.41) is 2.97. The van der Waals surface area contributed by atoms with Crippen LogP contribution in [0.5, 0.6) is 0 Å². The monoisotopic (exact) mass is 268 g/mol. The maximum absolute atomic E-state index is 13.7. The van der Waals surface area contributed by atoms with E-state index in [0.717, 1.165) is 6.20 Å². The van der Waals surface area contributed by atoms with Gasteiger partial charge in [0.05, 0.1) is 22.9 Å². The Kier molecular flexibility index (Phi) is 3.77. The maximum atomic E-state index is 13.7. The summed E-state index contributed by atoms with van der Waals surface area (Å²) in [6.45, 7) is 1.79. The molecular formula is C13H11ClF2N2. The number of benzene rings is 1. The zero-order valence-corrected chi connectivity index (χ0v) is 10.4. The first kappa shape index (κ1) is 12.8. The lowest BCUT2D eigenvalue weighted by atomic mass is 10.1. The number of anilines is 1.